The third kappa shape index (κ3) is 4.40. The number of carbonyl (C=O) groups is 2. The first-order valence-electron chi connectivity index (χ1n) is 8.49. The molecule has 138 valence electrons. The van der Waals surface area contributed by atoms with Crippen molar-refractivity contribution in [2.45, 2.75) is 49.6 Å². The quantitative estimate of drug-likeness (QED) is 0.629. The second kappa shape index (κ2) is 8.31. The van der Waals surface area contributed by atoms with Crippen LogP contribution >= 0.6 is 11.8 Å². The fourth-order valence-electron chi connectivity index (χ4n) is 2.65. The number of rotatable bonds is 4. The average Bonchev–Trinajstić information content (AvgIpc) is 2.86. The number of aryl methyl sites for hydroxylation is 1. The molecule has 9 heteroatoms. The van der Waals surface area contributed by atoms with Crippen LogP contribution in [0.15, 0.2) is 29.4 Å². The summed E-state index contributed by atoms with van der Waals surface area (Å²) in [4.78, 5) is 24.2. The molecule has 0 radical (unpaired) electrons. The first-order valence-corrected chi connectivity index (χ1v) is 9.37. The molecule has 2 heterocycles. The highest BCUT2D eigenvalue weighted by atomic mass is 32.2. The highest BCUT2D eigenvalue weighted by Gasteiger charge is 2.21. The van der Waals surface area contributed by atoms with Crippen molar-refractivity contribution in [3.05, 3.63) is 41.5 Å². The molecule has 1 aromatic heterocycles. The van der Waals surface area contributed by atoms with Crippen molar-refractivity contribution in [1.29, 1.82) is 0 Å². The molecule has 26 heavy (non-hydrogen) atoms. The van der Waals surface area contributed by atoms with Gasteiger partial charge >= 0.3 is 0 Å². The largest absolute Gasteiger partial charge is 0.306 e. The minimum absolute atomic E-state index is 0.259. The molecule has 0 saturated carbocycles. The van der Waals surface area contributed by atoms with Gasteiger partial charge in [0.15, 0.2) is 5.16 Å². The van der Waals surface area contributed by atoms with Crippen molar-refractivity contribution in [2.75, 3.05) is 0 Å². The third-order valence-electron chi connectivity index (χ3n) is 4.13. The van der Waals surface area contributed by atoms with Crippen LogP contribution < -0.4 is 10.9 Å². The Balaban J connectivity index is 1.54. The number of fused-ring (bicyclic) bond motifs is 1. The van der Waals surface area contributed by atoms with E-state index in [0.717, 1.165) is 36.8 Å². The van der Waals surface area contributed by atoms with Gasteiger partial charge in [-0.25, -0.2) is 4.39 Å². The number of nitrogens with zero attached hydrogens (tertiary/aromatic N) is 3. The highest BCUT2D eigenvalue weighted by molar-refractivity contribution is 8.00. The Morgan fingerprint density at radius 2 is 1.92 bits per heavy atom. The summed E-state index contributed by atoms with van der Waals surface area (Å²) in [5.74, 6) is -0.325. The van der Waals surface area contributed by atoms with E-state index >= 15 is 0 Å². The molecule has 2 amide bonds. The van der Waals surface area contributed by atoms with Crippen molar-refractivity contribution in [3.63, 3.8) is 0 Å². The monoisotopic (exact) mass is 377 g/mol. The number of hydrogen-bond acceptors (Lipinski definition) is 5. The third-order valence-corrected chi connectivity index (χ3v) is 5.21. The van der Waals surface area contributed by atoms with Gasteiger partial charge in [-0.1, -0.05) is 18.2 Å². The van der Waals surface area contributed by atoms with E-state index in [0.29, 0.717) is 0 Å². The number of hydrogen-bond donors (Lipinski definition) is 2. The fraction of sp³-hybridized carbons (Fsp3) is 0.412. The summed E-state index contributed by atoms with van der Waals surface area (Å²) < 4.78 is 14.9. The van der Waals surface area contributed by atoms with Gasteiger partial charge in [-0.15, -0.1) is 10.2 Å². The van der Waals surface area contributed by atoms with Gasteiger partial charge in [-0.05, 0) is 44.0 Å². The van der Waals surface area contributed by atoms with Gasteiger partial charge in [0, 0.05) is 18.5 Å². The van der Waals surface area contributed by atoms with Crippen molar-refractivity contribution in [3.8, 4) is 0 Å². The van der Waals surface area contributed by atoms with Gasteiger partial charge in [-0.2, -0.15) is 0 Å². The van der Waals surface area contributed by atoms with Crippen LogP contribution in [0.5, 0.6) is 0 Å². The molecular weight excluding hydrogens is 357 g/mol. The Morgan fingerprint density at radius 3 is 2.69 bits per heavy atom. The van der Waals surface area contributed by atoms with Crippen LogP contribution in [0.4, 0.5) is 4.39 Å². The second-order valence-electron chi connectivity index (χ2n) is 6.07. The topological polar surface area (TPSA) is 88.9 Å². The Morgan fingerprint density at radius 1 is 1.15 bits per heavy atom. The van der Waals surface area contributed by atoms with Crippen molar-refractivity contribution in [1.82, 2.24) is 25.6 Å². The maximum absolute atomic E-state index is 12.9. The molecule has 2 N–H and O–H groups in total. The van der Waals surface area contributed by atoms with Gasteiger partial charge in [0.1, 0.15) is 11.6 Å². The summed E-state index contributed by atoms with van der Waals surface area (Å²) in [7, 11) is 0. The van der Waals surface area contributed by atoms with Crippen LogP contribution in [0.3, 0.4) is 0 Å². The lowest BCUT2D eigenvalue weighted by Crippen LogP contribution is -2.45. The van der Waals surface area contributed by atoms with E-state index in [-0.39, 0.29) is 11.5 Å². The van der Waals surface area contributed by atoms with E-state index in [2.05, 4.69) is 25.6 Å². The Labute approximate surface area is 154 Å². The number of thioether (sulfide) groups is 1. The minimum Gasteiger partial charge on any atom is -0.306 e. The standard InChI is InChI=1S/C17H20FN5O2S/c1-11(26-17-22-19-14-5-3-2-4-10-23(14)17)15(24)20-21-16(25)12-6-8-13(18)9-7-12/h6-9,11H,2-5,10H2,1H3,(H,20,24)(H,21,25)/t11-/m1/s1. The Kier molecular flexibility index (Phi) is 5.87. The summed E-state index contributed by atoms with van der Waals surface area (Å²) in [5, 5.41) is 8.65. The molecule has 0 spiro atoms. The molecule has 7 nitrogen and oxygen atoms in total. The predicted molar refractivity (Wildman–Crippen MR) is 94.9 cm³/mol. The van der Waals surface area contributed by atoms with Crippen LogP contribution in [0.25, 0.3) is 0 Å². The first-order chi connectivity index (χ1) is 12.5. The molecule has 0 unspecified atom stereocenters. The van der Waals surface area contributed by atoms with Gasteiger partial charge in [-0.3, -0.25) is 20.4 Å². The lowest BCUT2D eigenvalue weighted by Gasteiger charge is -2.13. The van der Waals surface area contributed by atoms with Crippen LogP contribution in [0.2, 0.25) is 0 Å². The van der Waals surface area contributed by atoms with Gasteiger partial charge in [0.25, 0.3) is 11.8 Å². The van der Waals surface area contributed by atoms with Crippen LogP contribution in [0, 0.1) is 5.82 Å². The SMILES string of the molecule is C[C@@H](Sc1nnc2n1CCCCC2)C(=O)NNC(=O)c1ccc(F)cc1. The number of nitrogens with one attached hydrogen (secondary N) is 2. The molecule has 0 fully saturated rings. The van der Waals surface area contributed by atoms with E-state index in [1.165, 1.54) is 42.4 Å². The second-order valence-corrected chi connectivity index (χ2v) is 7.38. The molecule has 0 aliphatic carbocycles. The van der Waals surface area contributed by atoms with Crippen LogP contribution in [0.1, 0.15) is 42.4 Å². The molecule has 1 aliphatic rings. The maximum atomic E-state index is 12.9. The predicted octanol–water partition coefficient (Wildman–Crippen LogP) is 2.09. The highest BCUT2D eigenvalue weighted by Crippen LogP contribution is 2.25. The summed E-state index contributed by atoms with van der Waals surface area (Å²) in [6, 6.07) is 5.07. The fourth-order valence-corrected chi connectivity index (χ4v) is 3.54. The van der Waals surface area contributed by atoms with Crippen molar-refractivity contribution in [2.24, 2.45) is 0 Å². The molecule has 0 bridgehead atoms. The zero-order valence-electron chi connectivity index (χ0n) is 14.4. The minimum atomic E-state index is -0.508. The molecule has 0 saturated heterocycles. The smallest absolute Gasteiger partial charge is 0.269 e. The number of carbonyl (C=O) groups excluding carboxylic acids is 2. The van der Waals surface area contributed by atoms with Gasteiger partial charge in [0.05, 0.1) is 5.25 Å². The van der Waals surface area contributed by atoms with Crippen LogP contribution in [-0.2, 0) is 17.8 Å². The molecule has 1 aliphatic heterocycles. The number of halogens is 1. The average molecular weight is 377 g/mol. The normalized spacial score (nSPS) is 14.8. The molecular formula is C17H20FN5O2S. The zero-order valence-corrected chi connectivity index (χ0v) is 15.2. The summed E-state index contributed by atoms with van der Waals surface area (Å²) in [5.41, 5.74) is 4.98. The summed E-state index contributed by atoms with van der Waals surface area (Å²) in [6.07, 6.45) is 4.25. The molecule has 2 aromatic rings. The number of hydrazine groups is 1. The van der Waals surface area contributed by atoms with Crippen LogP contribution in [-0.4, -0.2) is 31.8 Å². The summed E-state index contributed by atoms with van der Waals surface area (Å²) >= 11 is 1.31. The zero-order chi connectivity index (χ0) is 18.5. The summed E-state index contributed by atoms with van der Waals surface area (Å²) in [6.45, 7) is 2.60. The van der Waals surface area contributed by atoms with E-state index < -0.39 is 17.0 Å². The Hall–Kier alpha value is -2.42. The Bertz CT molecular complexity index is 793. The number of amides is 2. The van der Waals surface area contributed by atoms with E-state index in [4.69, 9.17) is 0 Å². The lowest BCUT2D eigenvalue weighted by atomic mass is 10.2. The molecule has 1 aromatic carbocycles. The van der Waals surface area contributed by atoms with E-state index in [9.17, 15) is 14.0 Å². The number of benzene rings is 1. The first kappa shape index (κ1) is 18.4. The van der Waals surface area contributed by atoms with Gasteiger partial charge in [0.2, 0.25) is 0 Å². The molecule has 1 atom stereocenters. The van der Waals surface area contributed by atoms with Crippen molar-refractivity contribution >= 4 is 23.6 Å². The van der Waals surface area contributed by atoms with Crippen molar-refractivity contribution < 1.29 is 14.0 Å². The number of aromatic nitrogens is 3. The van der Waals surface area contributed by atoms with Gasteiger partial charge < -0.3 is 4.57 Å². The lowest BCUT2D eigenvalue weighted by molar-refractivity contribution is -0.121. The van der Waals surface area contributed by atoms with E-state index in [1.54, 1.807) is 6.92 Å². The maximum Gasteiger partial charge on any atom is 0.269 e. The van der Waals surface area contributed by atoms with E-state index in [1.807, 2.05) is 0 Å². The molecule has 3 rings (SSSR count).